The highest BCUT2D eigenvalue weighted by Crippen LogP contribution is 2.26. The second kappa shape index (κ2) is 11.3. The Morgan fingerprint density at radius 2 is 2.12 bits per heavy atom. The first-order chi connectivity index (χ1) is 16.6. The molecule has 8 heteroatoms. The summed E-state index contributed by atoms with van der Waals surface area (Å²) in [5.41, 5.74) is 3.26. The molecule has 0 aliphatic heterocycles. The molecular weight excluding hydrogens is 448 g/mol. The zero-order valence-electron chi connectivity index (χ0n) is 18.9. The van der Waals surface area contributed by atoms with Crippen molar-refractivity contribution in [2.75, 3.05) is 11.9 Å². The van der Waals surface area contributed by atoms with Crippen LogP contribution in [0.15, 0.2) is 84.2 Å². The van der Waals surface area contributed by atoms with Crippen molar-refractivity contribution in [3.8, 4) is 11.3 Å². The van der Waals surface area contributed by atoms with Gasteiger partial charge in [-0.05, 0) is 42.7 Å². The number of nitrogens with one attached hydrogen (secondary N) is 2. The molecule has 1 aliphatic carbocycles. The van der Waals surface area contributed by atoms with Crippen LogP contribution in [-0.4, -0.2) is 27.9 Å². The lowest BCUT2D eigenvalue weighted by Gasteiger charge is -2.09. The average molecular weight is 475 g/mol. The summed E-state index contributed by atoms with van der Waals surface area (Å²) in [6.07, 6.45) is 15.7. The van der Waals surface area contributed by atoms with Crippen molar-refractivity contribution in [1.29, 1.82) is 0 Å². The molecule has 3 aromatic rings. The van der Waals surface area contributed by atoms with Gasteiger partial charge in [0.15, 0.2) is 5.13 Å². The van der Waals surface area contributed by atoms with Gasteiger partial charge in [0, 0.05) is 30.4 Å². The van der Waals surface area contributed by atoms with Crippen molar-refractivity contribution < 1.29 is 14.3 Å². The van der Waals surface area contributed by atoms with Gasteiger partial charge < -0.3 is 19.9 Å². The fourth-order valence-corrected chi connectivity index (χ4v) is 4.07. The van der Waals surface area contributed by atoms with Gasteiger partial charge in [0.25, 0.3) is 5.91 Å². The van der Waals surface area contributed by atoms with Crippen molar-refractivity contribution in [2.45, 2.75) is 19.4 Å². The lowest BCUT2D eigenvalue weighted by Crippen LogP contribution is -2.32. The molecule has 0 unspecified atom stereocenters. The van der Waals surface area contributed by atoms with Crippen molar-refractivity contribution in [3.63, 3.8) is 0 Å². The second-order valence-electron chi connectivity index (χ2n) is 7.79. The lowest BCUT2D eigenvalue weighted by molar-refractivity contribution is -0.115. The van der Waals surface area contributed by atoms with Crippen molar-refractivity contribution >= 4 is 28.3 Å². The molecule has 2 aromatic heterocycles. The van der Waals surface area contributed by atoms with Crippen LogP contribution in [0.3, 0.4) is 0 Å². The Balaban J connectivity index is 1.31. The number of benzene rings is 1. The molecule has 0 saturated carbocycles. The maximum Gasteiger partial charge on any atom is 0.253 e. The molecule has 2 heterocycles. The zero-order valence-corrected chi connectivity index (χ0v) is 19.7. The number of carbonyl (C=O) groups excluding carboxylic acids is 2. The lowest BCUT2D eigenvalue weighted by atomic mass is 10.1. The predicted octanol–water partition coefficient (Wildman–Crippen LogP) is 4.82. The maximum atomic E-state index is 12.2. The smallest absolute Gasteiger partial charge is 0.253 e. The normalized spacial score (nSPS) is 16.4. The average Bonchev–Trinajstić information content (AvgIpc) is 3.46. The molecule has 174 valence electrons. The van der Waals surface area contributed by atoms with Crippen LogP contribution in [0.25, 0.3) is 11.3 Å². The molecular formula is C26H26N4O3S. The Morgan fingerprint density at radius 3 is 2.97 bits per heavy atom. The summed E-state index contributed by atoms with van der Waals surface area (Å²) in [6, 6.07) is 9.69. The molecule has 0 spiro atoms. The van der Waals surface area contributed by atoms with Gasteiger partial charge in [0.2, 0.25) is 5.91 Å². The highest BCUT2D eigenvalue weighted by atomic mass is 32.1. The Morgan fingerprint density at radius 1 is 1.21 bits per heavy atom. The Bertz CT molecular complexity index is 1250. The van der Waals surface area contributed by atoms with E-state index >= 15 is 0 Å². The van der Waals surface area contributed by atoms with E-state index in [4.69, 9.17) is 4.74 Å². The van der Waals surface area contributed by atoms with Gasteiger partial charge in [-0.15, -0.1) is 11.3 Å². The summed E-state index contributed by atoms with van der Waals surface area (Å²) in [7, 11) is 1.83. The van der Waals surface area contributed by atoms with Crippen LogP contribution >= 0.6 is 11.3 Å². The summed E-state index contributed by atoms with van der Waals surface area (Å²) in [5.74, 6) is 0.243. The van der Waals surface area contributed by atoms with E-state index in [0.29, 0.717) is 17.3 Å². The van der Waals surface area contributed by atoms with Gasteiger partial charge in [-0.25, -0.2) is 4.98 Å². The minimum Gasteiger partial charge on any atom is -0.489 e. The van der Waals surface area contributed by atoms with Gasteiger partial charge in [0.1, 0.15) is 12.4 Å². The van der Waals surface area contributed by atoms with E-state index in [9.17, 15) is 9.59 Å². The van der Waals surface area contributed by atoms with Crippen LogP contribution in [0.2, 0.25) is 0 Å². The fraction of sp³-hybridized carbons (Fsp3) is 0.192. The van der Waals surface area contributed by atoms with E-state index in [1.54, 1.807) is 23.0 Å². The number of aromatic nitrogens is 2. The van der Waals surface area contributed by atoms with E-state index in [1.807, 2.05) is 54.9 Å². The monoisotopic (exact) mass is 474 g/mol. The highest BCUT2D eigenvalue weighted by Gasteiger charge is 2.12. The van der Waals surface area contributed by atoms with Crippen LogP contribution in [-0.2, 0) is 23.2 Å². The summed E-state index contributed by atoms with van der Waals surface area (Å²) >= 11 is 1.34. The third-order valence-electron chi connectivity index (χ3n) is 5.07. The van der Waals surface area contributed by atoms with Crippen LogP contribution in [0.5, 0.6) is 0 Å². The molecule has 2 amide bonds. The van der Waals surface area contributed by atoms with Crippen LogP contribution in [0, 0.1) is 0 Å². The number of rotatable bonds is 8. The standard InChI is InChI=1S/C26H26N4O3S/c1-30-13-12-21(16-30)25(32)27-15-24(31)29-26-28-23(18-34-26)20-9-7-8-19(14-20)17-33-22-10-5-3-2-4-6-11-22/h2-3,5,7-14,16,18H,4,6,15,17H2,1H3,(H,27,32)(H,28,29,31)/b3-2+,10-5-,22-11+. The van der Waals surface area contributed by atoms with Crippen LogP contribution < -0.4 is 10.6 Å². The fourth-order valence-electron chi connectivity index (χ4n) is 3.34. The number of hydrogen-bond donors (Lipinski definition) is 2. The van der Waals surface area contributed by atoms with E-state index in [1.165, 1.54) is 11.3 Å². The number of aryl methyl sites for hydroxylation is 1. The number of allylic oxidation sites excluding steroid dienone is 5. The van der Waals surface area contributed by atoms with Gasteiger partial charge >= 0.3 is 0 Å². The van der Waals surface area contributed by atoms with E-state index in [0.717, 1.165) is 35.4 Å². The Labute approximate surface area is 202 Å². The Hall–Kier alpha value is -3.91. The van der Waals surface area contributed by atoms with Crippen LogP contribution in [0.4, 0.5) is 5.13 Å². The number of hydrogen-bond acceptors (Lipinski definition) is 5. The van der Waals surface area contributed by atoms with E-state index in [-0.39, 0.29) is 18.4 Å². The molecule has 2 N–H and O–H groups in total. The third kappa shape index (κ3) is 6.55. The minimum absolute atomic E-state index is 0.129. The first-order valence-electron chi connectivity index (χ1n) is 11.0. The minimum atomic E-state index is -0.331. The van der Waals surface area contributed by atoms with Crippen LogP contribution in [0.1, 0.15) is 28.8 Å². The number of anilines is 1. The largest absolute Gasteiger partial charge is 0.489 e. The van der Waals surface area contributed by atoms with Crippen molar-refractivity contribution in [1.82, 2.24) is 14.9 Å². The molecule has 0 radical (unpaired) electrons. The van der Waals surface area contributed by atoms with Gasteiger partial charge in [0.05, 0.1) is 17.8 Å². The number of nitrogens with zero attached hydrogens (tertiary/aromatic N) is 2. The summed E-state index contributed by atoms with van der Waals surface area (Å²) in [6.45, 7) is 0.331. The predicted molar refractivity (Wildman–Crippen MR) is 134 cm³/mol. The summed E-state index contributed by atoms with van der Waals surface area (Å²) in [5, 5.41) is 7.73. The zero-order chi connectivity index (χ0) is 23.8. The van der Waals surface area contributed by atoms with Crippen molar-refractivity contribution in [2.24, 2.45) is 7.05 Å². The number of amides is 2. The van der Waals surface area contributed by atoms with Gasteiger partial charge in [-0.2, -0.15) is 0 Å². The third-order valence-corrected chi connectivity index (χ3v) is 5.83. The Kier molecular flexibility index (Phi) is 7.72. The molecule has 0 atom stereocenters. The maximum absolute atomic E-state index is 12.2. The second-order valence-corrected chi connectivity index (χ2v) is 8.65. The molecule has 1 aromatic carbocycles. The van der Waals surface area contributed by atoms with Gasteiger partial charge in [-0.3, -0.25) is 9.59 Å². The molecule has 1 aliphatic rings. The first-order valence-corrected chi connectivity index (χ1v) is 11.9. The molecule has 0 bridgehead atoms. The van der Waals surface area contributed by atoms with E-state index < -0.39 is 0 Å². The molecule has 7 nitrogen and oxygen atoms in total. The topological polar surface area (TPSA) is 85.3 Å². The number of carbonyl (C=O) groups is 2. The van der Waals surface area contributed by atoms with Gasteiger partial charge in [-0.1, -0.05) is 36.4 Å². The molecule has 0 fully saturated rings. The molecule has 34 heavy (non-hydrogen) atoms. The quantitative estimate of drug-likeness (QED) is 0.490. The van der Waals surface area contributed by atoms with E-state index in [2.05, 4.69) is 27.8 Å². The number of thiazole rings is 1. The summed E-state index contributed by atoms with van der Waals surface area (Å²) in [4.78, 5) is 28.8. The summed E-state index contributed by atoms with van der Waals surface area (Å²) < 4.78 is 7.74. The molecule has 4 rings (SSSR count). The first kappa shape index (κ1) is 23.3. The molecule has 0 saturated heterocycles. The SMILES string of the molecule is Cn1ccc(C(=O)NCC(=O)Nc2nc(-c3cccc(COC4=C/CC/C=C/C=C\4)c3)cs2)c1. The number of ether oxygens (including phenoxy) is 1. The highest BCUT2D eigenvalue weighted by molar-refractivity contribution is 7.14. The van der Waals surface area contributed by atoms with Crippen molar-refractivity contribution in [3.05, 3.63) is 95.4 Å².